The monoisotopic (exact) mass is 518 g/mol. The van der Waals surface area contributed by atoms with Crippen LogP contribution < -0.4 is 11.1 Å². The Hall–Kier alpha value is -1.57. The van der Waals surface area contributed by atoms with Gasteiger partial charge in [0, 0.05) is 23.3 Å². The summed E-state index contributed by atoms with van der Waals surface area (Å²) in [6.45, 7) is 6.79. The van der Waals surface area contributed by atoms with Gasteiger partial charge in [0.15, 0.2) is 17.1 Å². The van der Waals surface area contributed by atoms with E-state index in [2.05, 4.69) is 5.32 Å². The van der Waals surface area contributed by atoms with Crippen molar-refractivity contribution in [1.29, 1.82) is 0 Å². The first kappa shape index (κ1) is 28.4. The molecule has 4 rings (SSSR count). The van der Waals surface area contributed by atoms with E-state index in [0.717, 1.165) is 50.6 Å². The number of aliphatic hydroxyl groups is 2. The van der Waals surface area contributed by atoms with Crippen molar-refractivity contribution in [2.45, 2.75) is 109 Å². The minimum absolute atomic E-state index is 0.00633. The van der Waals surface area contributed by atoms with Crippen molar-refractivity contribution in [1.82, 2.24) is 5.32 Å². The molecule has 6 nitrogen and oxygen atoms in total. The van der Waals surface area contributed by atoms with Gasteiger partial charge in [-0.2, -0.15) is 0 Å². The lowest BCUT2D eigenvalue weighted by atomic mass is 9.44. The molecular weight excluding hydrogens is 471 g/mol. The molecule has 0 aromatic rings. The topological polar surface area (TPSA) is 113 Å². The number of carbonyl (C=O) groups excluding carboxylic acids is 2. The van der Waals surface area contributed by atoms with Gasteiger partial charge in [-0.3, -0.25) is 9.59 Å². The van der Waals surface area contributed by atoms with Gasteiger partial charge in [0.25, 0.3) is 5.91 Å². The molecule has 8 unspecified atom stereocenters. The summed E-state index contributed by atoms with van der Waals surface area (Å²) in [5, 5.41) is 26.4. The van der Waals surface area contributed by atoms with Crippen molar-refractivity contribution in [3.63, 3.8) is 0 Å². The van der Waals surface area contributed by atoms with Crippen molar-refractivity contribution in [3.05, 3.63) is 23.8 Å². The van der Waals surface area contributed by atoms with E-state index in [4.69, 9.17) is 5.73 Å². The highest BCUT2D eigenvalue weighted by atomic mass is 19.1. The smallest absolute Gasteiger partial charge is 0.252 e. The summed E-state index contributed by atoms with van der Waals surface area (Å²) in [7, 11) is 0. The Morgan fingerprint density at radius 2 is 1.78 bits per heavy atom. The van der Waals surface area contributed by atoms with Crippen LogP contribution in [0, 0.1) is 28.6 Å². The van der Waals surface area contributed by atoms with Crippen molar-refractivity contribution in [2.75, 3.05) is 13.1 Å². The lowest BCUT2D eigenvalue weighted by Gasteiger charge is -2.62. The zero-order chi connectivity index (χ0) is 27.1. The summed E-state index contributed by atoms with van der Waals surface area (Å²) in [5.74, 6) is -1.64. The predicted molar refractivity (Wildman–Crippen MR) is 142 cm³/mol. The van der Waals surface area contributed by atoms with E-state index >= 15 is 4.39 Å². The van der Waals surface area contributed by atoms with Crippen LogP contribution in [0.15, 0.2) is 23.8 Å². The molecule has 0 aliphatic heterocycles. The van der Waals surface area contributed by atoms with Crippen molar-refractivity contribution >= 4 is 11.7 Å². The van der Waals surface area contributed by atoms with E-state index in [1.165, 1.54) is 18.6 Å². The Morgan fingerprint density at radius 3 is 2.46 bits per heavy atom. The average molecular weight is 519 g/mol. The van der Waals surface area contributed by atoms with Gasteiger partial charge in [0.1, 0.15) is 0 Å². The van der Waals surface area contributed by atoms with E-state index in [1.807, 2.05) is 13.8 Å². The van der Waals surface area contributed by atoms with Crippen LogP contribution >= 0.6 is 0 Å². The zero-order valence-corrected chi connectivity index (χ0v) is 22.9. The fourth-order valence-corrected chi connectivity index (χ4v) is 8.52. The molecule has 5 N–H and O–H groups in total. The number of amides is 1. The fraction of sp³-hybridized carbons (Fsp3) is 0.800. The molecule has 0 spiro atoms. The van der Waals surface area contributed by atoms with Crippen LogP contribution in [0.1, 0.15) is 91.4 Å². The number of alkyl halides is 1. The maximum Gasteiger partial charge on any atom is 0.252 e. The van der Waals surface area contributed by atoms with Gasteiger partial charge in [-0.15, -0.1) is 0 Å². The molecule has 0 bridgehead atoms. The predicted octanol–water partition coefficient (Wildman–Crippen LogP) is 4.14. The average Bonchev–Trinajstić information content (AvgIpc) is 3.05. The van der Waals surface area contributed by atoms with Crippen LogP contribution in [-0.4, -0.2) is 52.4 Å². The number of rotatable bonds is 10. The number of hydrogen-bond donors (Lipinski definition) is 4. The molecule has 0 radical (unpaired) electrons. The number of aliphatic hydroxyl groups excluding tert-OH is 1. The van der Waals surface area contributed by atoms with Crippen LogP contribution in [-0.2, 0) is 9.59 Å². The Labute approximate surface area is 221 Å². The van der Waals surface area contributed by atoms with Crippen LogP contribution in [0.4, 0.5) is 4.39 Å². The number of allylic oxidation sites excluding steroid dienone is 4. The molecule has 1 amide bonds. The summed E-state index contributed by atoms with van der Waals surface area (Å²) < 4.78 is 17.2. The number of hydrogen-bond acceptors (Lipinski definition) is 5. The van der Waals surface area contributed by atoms with Gasteiger partial charge in [-0.1, -0.05) is 57.6 Å². The minimum Gasteiger partial charge on any atom is -0.390 e. The highest BCUT2D eigenvalue weighted by Gasteiger charge is 2.75. The summed E-state index contributed by atoms with van der Waals surface area (Å²) in [6, 6.07) is 0. The number of halogens is 1. The van der Waals surface area contributed by atoms with E-state index in [-0.39, 0.29) is 24.0 Å². The summed E-state index contributed by atoms with van der Waals surface area (Å²) in [6.07, 6.45) is 12.4. The second kappa shape index (κ2) is 10.5. The Morgan fingerprint density at radius 1 is 1.14 bits per heavy atom. The molecule has 208 valence electrons. The number of unbranched alkanes of at least 4 members (excludes halogenated alkanes) is 6. The van der Waals surface area contributed by atoms with Gasteiger partial charge >= 0.3 is 0 Å². The zero-order valence-electron chi connectivity index (χ0n) is 22.9. The summed E-state index contributed by atoms with van der Waals surface area (Å²) in [5.41, 5.74) is 0.638. The maximum absolute atomic E-state index is 17.2. The molecule has 0 saturated heterocycles. The van der Waals surface area contributed by atoms with E-state index < -0.39 is 40.0 Å². The molecule has 3 fully saturated rings. The second-order valence-corrected chi connectivity index (χ2v) is 12.7. The van der Waals surface area contributed by atoms with E-state index in [9.17, 15) is 19.8 Å². The standard InChI is InChI=1S/C30H47FN2O4/c1-20-17-24-23-12-11-21-18-22(34)13-14-27(21,2)29(23,31)25(35)19-28(24,3)30(20,37)26(36)33-16-10-8-6-4-5-7-9-15-32/h13-14,18,20,23-25,35,37H,4-12,15-17,19,32H2,1-3H3,(H,33,36). The number of ketones is 1. The van der Waals surface area contributed by atoms with E-state index in [1.54, 1.807) is 13.0 Å². The SMILES string of the molecule is CC1CC2C3CCC4=CC(=O)C=CC4(C)C3(F)C(O)CC2(C)C1(O)C(=O)NCCCCCCCCCN. The largest absolute Gasteiger partial charge is 0.390 e. The molecular formula is C30H47FN2O4. The maximum atomic E-state index is 17.2. The Bertz CT molecular complexity index is 952. The van der Waals surface area contributed by atoms with Gasteiger partial charge in [0.05, 0.1) is 6.10 Å². The number of fused-ring (bicyclic) bond motifs is 5. The number of carbonyl (C=O) groups is 2. The first-order chi connectivity index (χ1) is 17.5. The van der Waals surface area contributed by atoms with Crippen molar-refractivity contribution < 1.29 is 24.2 Å². The highest BCUT2D eigenvalue weighted by molar-refractivity contribution is 6.01. The molecule has 7 heteroatoms. The van der Waals surface area contributed by atoms with Crippen LogP contribution in [0.2, 0.25) is 0 Å². The first-order valence-corrected chi connectivity index (χ1v) is 14.5. The van der Waals surface area contributed by atoms with Crippen molar-refractivity contribution in [2.24, 2.45) is 34.3 Å². The fourth-order valence-electron chi connectivity index (χ4n) is 8.52. The quantitative estimate of drug-likeness (QED) is 0.325. The molecule has 0 heterocycles. The second-order valence-electron chi connectivity index (χ2n) is 12.7. The lowest BCUT2D eigenvalue weighted by Crippen LogP contribution is -2.70. The molecule has 0 aromatic carbocycles. The van der Waals surface area contributed by atoms with Gasteiger partial charge in [-0.05, 0) is 76.0 Å². The molecule has 4 aliphatic rings. The number of nitrogens with two attached hydrogens (primary N) is 1. The highest BCUT2D eigenvalue weighted by Crippen LogP contribution is 2.70. The van der Waals surface area contributed by atoms with Crippen molar-refractivity contribution in [3.8, 4) is 0 Å². The third kappa shape index (κ3) is 4.33. The van der Waals surface area contributed by atoms with Gasteiger partial charge in [-0.25, -0.2) is 4.39 Å². The minimum atomic E-state index is -1.95. The van der Waals surface area contributed by atoms with Crippen LogP contribution in [0.3, 0.4) is 0 Å². The molecule has 3 saturated carbocycles. The molecule has 0 aromatic heterocycles. The molecule has 4 aliphatic carbocycles. The van der Waals surface area contributed by atoms with Crippen LogP contribution in [0.25, 0.3) is 0 Å². The van der Waals surface area contributed by atoms with E-state index in [0.29, 0.717) is 25.8 Å². The van der Waals surface area contributed by atoms with Gasteiger partial charge < -0.3 is 21.3 Å². The third-order valence-electron chi connectivity index (χ3n) is 10.7. The number of nitrogens with one attached hydrogen (secondary N) is 1. The first-order valence-electron chi connectivity index (χ1n) is 14.5. The normalized spacial score (nSPS) is 42.6. The Balaban J connectivity index is 1.46. The van der Waals surface area contributed by atoms with Crippen LogP contribution in [0.5, 0.6) is 0 Å². The lowest BCUT2D eigenvalue weighted by molar-refractivity contribution is -0.219. The third-order valence-corrected chi connectivity index (χ3v) is 10.7. The summed E-state index contributed by atoms with van der Waals surface area (Å²) in [4.78, 5) is 25.5. The van der Waals surface area contributed by atoms with Gasteiger partial charge in [0.2, 0.25) is 0 Å². The molecule has 8 atom stereocenters. The summed E-state index contributed by atoms with van der Waals surface area (Å²) >= 11 is 0. The Kier molecular flexibility index (Phi) is 8.10. The molecule has 37 heavy (non-hydrogen) atoms.